The zero-order chi connectivity index (χ0) is 26.0. The molecule has 2 unspecified atom stereocenters. The Kier molecular flexibility index (Phi) is 8.25. The van der Waals surface area contributed by atoms with E-state index in [0.717, 1.165) is 25.1 Å². The van der Waals surface area contributed by atoms with Gasteiger partial charge in [-0.3, -0.25) is 9.59 Å². The first-order valence-corrected chi connectivity index (χ1v) is 13.0. The topological polar surface area (TPSA) is 73.5 Å². The molecular formula is C27H33Cl2FN4O2. The minimum Gasteiger partial charge on any atom is -0.339 e. The summed E-state index contributed by atoms with van der Waals surface area (Å²) >= 11 is 12.5. The lowest BCUT2D eigenvalue weighted by Crippen LogP contribution is -2.53. The van der Waals surface area contributed by atoms with Gasteiger partial charge in [0.2, 0.25) is 12.3 Å². The molecule has 0 aliphatic carbocycles. The number of carbonyl (C=O) groups is 2. The first kappa shape index (κ1) is 26.9. The van der Waals surface area contributed by atoms with Gasteiger partial charge in [-0.25, -0.2) is 4.39 Å². The maximum absolute atomic E-state index is 14.9. The maximum Gasteiger partial charge on any atom is 0.240 e. The van der Waals surface area contributed by atoms with Crippen molar-refractivity contribution in [3.63, 3.8) is 0 Å². The van der Waals surface area contributed by atoms with Crippen LogP contribution in [0, 0.1) is 11.2 Å². The van der Waals surface area contributed by atoms with Crippen molar-refractivity contribution in [1.29, 1.82) is 0 Å². The van der Waals surface area contributed by atoms with Gasteiger partial charge in [0.1, 0.15) is 5.82 Å². The molecule has 2 heterocycles. The van der Waals surface area contributed by atoms with E-state index in [4.69, 9.17) is 23.2 Å². The second-order valence-electron chi connectivity index (χ2n) is 10.8. The van der Waals surface area contributed by atoms with Crippen LogP contribution in [0.15, 0.2) is 36.4 Å². The summed E-state index contributed by atoms with van der Waals surface area (Å²) in [5.41, 5.74) is 1.85. The van der Waals surface area contributed by atoms with Crippen molar-refractivity contribution in [2.45, 2.75) is 51.1 Å². The predicted molar refractivity (Wildman–Crippen MR) is 142 cm³/mol. The molecule has 2 aliphatic rings. The van der Waals surface area contributed by atoms with Crippen molar-refractivity contribution in [3.8, 4) is 0 Å². The van der Waals surface area contributed by atoms with Crippen LogP contribution < -0.4 is 16.0 Å². The summed E-state index contributed by atoms with van der Waals surface area (Å²) in [5, 5.41) is 10.1. The molecule has 4 atom stereocenters. The predicted octanol–water partition coefficient (Wildman–Crippen LogP) is 4.78. The number of halogens is 3. The van der Waals surface area contributed by atoms with Crippen LogP contribution >= 0.6 is 23.2 Å². The normalized spacial score (nSPS) is 24.6. The highest BCUT2D eigenvalue weighted by atomic mass is 35.5. The molecule has 6 nitrogen and oxygen atoms in total. The zero-order valence-electron chi connectivity index (χ0n) is 20.8. The van der Waals surface area contributed by atoms with Crippen molar-refractivity contribution in [1.82, 2.24) is 15.5 Å². The Hall–Kier alpha value is -2.19. The molecule has 3 N–H and O–H groups in total. The summed E-state index contributed by atoms with van der Waals surface area (Å²) in [6.45, 7) is 9.15. The Bertz CT molecular complexity index is 1120. The van der Waals surface area contributed by atoms with Gasteiger partial charge in [-0.05, 0) is 47.2 Å². The Morgan fingerprint density at radius 2 is 1.89 bits per heavy atom. The number of nitrogens with zero attached hydrogens (tertiary/aromatic N) is 1. The second-order valence-corrected chi connectivity index (χ2v) is 11.7. The van der Waals surface area contributed by atoms with Gasteiger partial charge in [0.25, 0.3) is 0 Å². The standard InChI is InChI=1S/C27H33Cl2FN4O2/c1-27(2,3)14-22-24(18-12-20(30)19(29)13-21(18)32-15-35)23(16-5-4-6-17(28)11-16)25(33-22)26(36)34-9-7-31-8-10-34/h4-6,11-13,15,22-25,31,33H,7-10,14H2,1-3H3,(H,32,35)/t22-,23?,24?,25-/m1/s1. The largest absolute Gasteiger partial charge is 0.339 e. The molecule has 9 heteroatoms. The molecule has 2 saturated heterocycles. The van der Waals surface area contributed by atoms with E-state index in [1.54, 1.807) is 6.07 Å². The van der Waals surface area contributed by atoms with E-state index in [1.165, 1.54) is 12.1 Å². The van der Waals surface area contributed by atoms with Crippen LogP contribution in [0.2, 0.25) is 10.0 Å². The van der Waals surface area contributed by atoms with Crippen molar-refractivity contribution in [3.05, 3.63) is 63.4 Å². The summed E-state index contributed by atoms with van der Waals surface area (Å²) in [7, 11) is 0. The maximum atomic E-state index is 14.9. The molecule has 2 aliphatic heterocycles. The van der Waals surface area contributed by atoms with Gasteiger partial charge in [-0.1, -0.05) is 56.1 Å². The Balaban J connectivity index is 1.89. The Morgan fingerprint density at radius 3 is 2.53 bits per heavy atom. The molecule has 2 aromatic carbocycles. The van der Waals surface area contributed by atoms with Gasteiger partial charge >= 0.3 is 0 Å². The fraction of sp³-hybridized carbons (Fsp3) is 0.481. The molecule has 2 amide bonds. The average Bonchev–Trinajstić information content (AvgIpc) is 3.18. The molecular weight excluding hydrogens is 502 g/mol. The monoisotopic (exact) mass is 534 g/mol. The van der Waals surface area contributed by atoms with Crippen LogP contribution in [0.25, 0.3) is 0 Å². The van der Waals surface area contributed by atoms with E-state index in [0.29, 0.717) is 35.8 Å². The van der Waals surface area contributed by atoms with Gasteiger partial charge in [-0.15, -0.1) is 0 Å². The van der Waals surface area contributed by atoms with E-state index >= 15 is 0 Å². The Labute approximate surface area is 221 Å². The van der Waals surface area contributed by atoms with Gasteiger partial charge in [0.05, 0.1) is 11.1 Å². The van der Waals surface area contributed by atoms with Crippen molar-refractivity contribution in [2.24, 2.45) is 5.41 Å². The number of anilines is 1. The SMILES string of the molecule is CC(C)(C)C[C@H]1N[C@@H](C(=O)N2CCNCC2)C(c2cccc(Cl)c2)C1c1cc(F)c(Cl)cc1NC=O. The van der Waals surface area contributed by atoms with Crippen LogP contribution in [-0.4, -0.2) is 55.5 Å². The number of rotatable bonds is 6. The molecule has 36 heavy (non-hydrogen) atoms. The van der Waals surface area contributed by atoms with Crippen LogP contribution in [-0.2, 0) is 9.59 Å². The summed E-state index contributed by atoms with van der Waals surface area (Å²) in [5.74, 6) is -1.22. The quantitative estimate of drug-likeness (QED) is 0.466. The highest BCUT2D eigenvalue weighted by Crippen LogP contribution is 2.49. The second kappa shape index (κ2) is 11.1. The van der Waals surface area contributed by atoms with E-state index in [-0.39, 0.29) is 34.2 Å². The molecule has 0 bridgehead atoms. The summed E-state index contributed by atoms with van der Waals surface area (Å²) in [6.07, 6.45) is 1.29. The number of amides is 2. The first-order valence-electron chi connectivity index (χ1n) is 12.3. The van der Waals surface area contributed by atoms with E-state index in [9.17, 15) is 14.0 Å². The number of hydrogen-bond acceptors (Lipinski definition) is 4. The summed E-state index contributed by atoms with van der Waals surface area (Å²) in [6, 6.07) is 9.62. The van der Waals surface area contributed by atoms with E-state index in [1.807, 2.05) is 23.1 Å². The molecule has 2 aromatic rings. The number of hydrogen-bond donors (Lipinski definition) is 3. The van der Waals surface area contributed by atoms with Crippen LogP contribution in [0.5, 0.6) is 0 Å². The summed E-state index contributed by atoms with van der Waals surface area (Å²) < 4.78 is 14.9. The number of piperazine rings is 1. The fourth-order valence-corrected chi connectivity index (χ4v) is 5.96. The summed E-state index contributed by atoms with van der Waals surface area (Å²) in [4.78, 5) is 27.3. The lowest BCUT2D eigenvalue weighted by atomic mass is 9.73. The van der Waals surface area contributed by atoms with Crippen LogP contribution in [0.3, 0.4) is 0 Å². The lowest BCUT2D eigenvalue weighted by Gasteiger charge is -2.33. The van der Waals surface area contributed by atoms with Gasteiger partial charge in [0, 0.05) is 54.8 Å². The average molecular weight is 535 g/mol. The minimum atomic E-state index is -0.570. The van der Waals surface area contributed by atoms with Crippen molar-refractivity contribution >= 4 is 41.2 Å². The first-order chi connectivity index (χ1) is 17.1. The third-order valence-corrected chi connectivity index (χ3v) is 7.52. The van der Waals surface area contributed by atoms with Crippen LogP contribution in [0.1, 0.15) is 50.2 Å². The zero-order valence-corrected chi connectivity index (χ0v) is 22.3. The molecule has 0 aromatic heterocycles. The molecule has 2 fully saturated rings. The van der Waals surface area contributed by atoms with E-state index < -0.39 is 11.9 Å². The van der Waals surface area contributed by atoms with Crippen LogP contribution in [0.4, 0.5) is 10.1 Å². The van der Waals surface area contributed by atoms with Gasteiger partial charge in [-0.2, -0.15) is 0 Å². The van der Waals surface area contributed by atoms with E-state index in [2.05, 4.69) is 36.7 Å². The number of nitrogens with one attached hydrogen (secondary N) is 3. The lowest BCUT2D eigenvalue weighted by molar-refractivity contribution is -0.134. The third kappa shape index (κ3) is 5.86. The highest BCUT2D eigenvalue weighted by molar-refractivity contribution is 6.31. The highest BCUT2D eigenvalue weighted by Gasteiger charge is 2.50. The minimum absolute atomic E-state index is 0.0159. The molecule has 0 radical (unpaired) electrons. The Morgan fingerprint density at radius 1 is 1.17 bits per heavy atom. The van der Waals surface area contributed by atoms with Crippen molar-refractivity contribution < 1.29 is 14.0 Å². The number of carbonyl (C=O) groups excluding carboxylic acids is 2. The van der Waals surface area contributed by atoms with Gasteiger partial charge in [0.15, 0.2) is 0 Å². The van der Waals surface area contributed by atoms with Crippen molar-refractivity contribution in [2.75, 3.05) is 31.5 Å². The third-order valence-electron chi connectivity index (χ3n) is 7.00. The molecule has 4 rings (SSSR count). The molecule has 0 spiro atoms. The molecule has 0 saturated carbocycles. The number of benzene rings is 2. The molecule has 194 valence electrons. The van der Waals surface area contributed by atoms with Gasteiger partial charge < -0.3 is 20.9 Å². The smallest absolute Gasteiger partial charge is 0.240 e. The fourth-order valence-electron chi connectivity index (χ4n) is 5.60.